The van der Waals surface area contributed by atoms with E-state index >= 15 is 0 Å². The molecule has 2 unspecified atom stereocenters. The van der Waals surface area contributed by atoms with Crippen LogP contribution in [-0.2, 0) is 13.0 Å². The number of pyridine rings is 1. The summed E-state index contributed by atoms with van der Waals surface area (Å²) in [5.74, 6) is 0.733. The first-order valence-corrected chi connectivity index (χ1v) is 17.0. The van der Waals surface area contributed by atoms with Gasteiger partial charge in [-0.25, -0.2) is 4.98 Å². The van der Waals surface area contributed by atoms with Crippen molar-refractivity contribution < 1.29 is 4.74 Å². The Bertz CT molecular complexity index is 1180. The van der Waals surface area contributed by atoms with Gasteiger partial charge in [0.25, 0.3) is 0 Å². The molecule has 1 aromatic carbocycles. The number of halogens is 1. The van der Waals surface area contributed by atoms with Crippen LogP contribution < -0.4 is 15.4 Å². The molecule has 5 nitrogen and oxygen atoms in total. The van der Waals surface area contributed by atoms with Crippen LogP contribution in [0, 0.1) is 0 Å². The van der Waals surface area contributed by atoms with Crippen LogP contribution in [0.4, 0.5) is 0 Å². The quantitative estimate of drug-likeness (QED) is 0.167. The maximum absolute atomic E-state index is 6.37. The number of hydrogen-bond donors (Lipinski definition) is 2. The lowest BCUT2D eigenvalue weighted by molar-refractivity contribution is 0.291. The highest BCUT2D eigenvalue weighted by molar-refractivity contribution is 6.21. The van der Waals surface area contributed by atoms with Crippen molar-refractivity contribution >= 4 is 17.8 Å². The summed E-state index contributed by atoms with van der Waals surface area (Å²) in [6.45, 7) is 2.66. The third-order valence-corrected chi connectivity index (χ3v) is 8.44. The molecule has 4 rings (SSSR count). The molecule has 6 heteroatoms. The van der Waals surface area contributed by atoms with Crippen LogP contribution in [0.1, 0.15) is 106 Å². The molecule has 0 bridgehead atoms. The first-order chi connectivity index (χ1) is 21.3. The summed E-state index contributed by atoms with van der Waals surface area (Å²) in [5.41, 5.74) is 4.96. The SMILES string of the molecule is ClC1/C=C/N=C/CCCC/C=C(NCCCCCCCCNC2CCCc3nc(OCc4ccccc4)ccc32)/C=C/C1. The van der Waals surface area contributed by atoms with Crippen molar-refractivity contribution in [2.24, 2.45) is 4.99 Å². The molecule has 232 valence electrons. The Hall–Kier alpha value is -2.89. The predicted octanol–water partition coefficient (Wildman–Crippen LogP) is 9.15. The van der Waals surface area contributed by atoms with Crippen LogP contribution in [-0.4, -0.2) is 29.7 Å². The third-order valence-electron chi connectivity index (χ3n) is 8.12. The van der Waals surface area contributed by atoms with Gasteiger partial charge in [-0.15, -0.1) is 11.6 Å². The molecule has 1 aliphatic heterocycles. The minimum atomic E-state index is -0.0121. The molecule has 2 aromatic rings. The molecular formula is C37H51ClN4O. The normalized spacial score (nSPS) is 22.8. The van der Waals surface area contributed by atoms with E-state index in [0.29, 0.717) is 12.6 Å². The maximum atomic E-state index is 6.37. The summed E-state index contributed by atoms with van der Waals surface area (Å²) in [6, 6.07) is 15.0. The molecule has 0 fully saturated rings. The largest absolute Gasteiger partial charge is 0.473 e. The van der Waals surface area contributed by atoms with Gasteiger partial charge in [-0.05, 0) is 94.0 Å². The Morgan fingerprint density at radius 2 is 1.70 bits per heavy atom. The van der Waals surface area contributed by atoms with Crippen molar-refractivity contribution in [3.05, 3.63) is 95.5 Å². The number of nitrogens with zero attached hydrogens (tertiary/aromatic N) is 2. The van der Waals surface area contributed by atoms with Crippen LogP contribution in [0.2, 0.25) is 0 Å². The van der Waals surface area contributed by atoms with Crippen molar-refractivity contribution in [1.82, 2.24) is 15.6 Å². The van der Waals surface area contributed by atoms with E-state index in [1.165, 1.54) is 86.7 Å². The number of nitrogens with one attached hydrogen (secondary N) is 2. The van der Waals surface area contributed by atoms with E-state index < -0.39 is 0 Å². The molecule has 0 amide bonds. The fourth-order valence-corrected chi connectivity index (χ4v) is 5.82. The van der Waals surface area contributed by atoms with Crippen LogP contribution in [0.15, 0.2) is 83.7 Å². The molecule has 2 N–H and O–H groups in total. The van der Waals surface area contributed by atoms with E-state index in [-0.39, 0.29) is 5.38 Å². The highest BCUT2D eigenvalue weighted by Gasteiger charge is 2.21. The van der Waals surface area contributed by atoms with E-state index in [9.17, 15) is 0 Å². The van der Waals surface area contributed by atoms with E-state index in [0.717, 1.165) is 44.7 Å². The van der Waals surface area contributed by atoms with Crippen LogP contribution in [0.3, 0.4) is 0 Å². The molecule has 2 atom stereocenters. The number of benzene rings is 1. The van der Waals surface area contributed by atoms with Crippen LogP contribution in [0.5, 0.6) is 5.88 Å². The van der Waals surface area contributed by atoms with E-state index in [4.69, 9.17) is 21.3 Å². The zero-order chi connectivity index (χ0) is 29.8. The fraction of sp³-hybridized carbons (Fsp3) is 0.514. The fourth-order valence-electron chi connectivity index (χ4n) is 5.65. The van der Waals surface area contributed by atoms with Crippen molar-refractivity contribution in [3.8, 4) is 5.88 Å². The van der Waals surface area contributed by atoms with E-state index in [2.05, 4.69) is 52.1 Å². The summed E-state index contributed by atoms with van der Waals surface area (Å²) in [7, 11) is 0. The number of fused-ring (bicyclic) bond motifs is 1. The average molecular weight is 603 g/mol. The minimum Gasteiger partial charge on any atom is -0.473 e. The van der Waals surface area contributed by atoms with Crippen LogP contribution in [0.25, 0.3) is 0 Å². The average Bonchev–Trinajstić information content (AvgIpc) is 3.03. The zero-order valence-electron chi connectivity index (χ0n) is 25.9. The maximum Gasteiger partial charge on any atom is 0.213 e. The Balaban J connectivity index is 1.06. The Kier molecular flexibility index (Phi) is 15.5. The molecule has 0 radical (unpaired) electrons. The monoisotopic (exact) mass is 602 g/mol. The molecule has 2 aliphatic rings. The predicted molar refractivity (Wildman–Crippen MR) is 182 cm³/mol. The summed E-state index contributed by atoms with van der Waals surface area (Å²) in [4.78, 5) is 9.15. The standard InChI is InChI=1S/C37H51ClN4O/c38-32-18-14-20-33(19-10-3-6-11-26-39-29-25-32)40-27-12-4-1-2-5-13-28-41-35-21-15-22-36-34(35)23-24-37(42-36)43-30-31-16-8-7-9-17-31/h7-9,14,16-17,19-20,23-26,29,32,35,40-41H,1-6,10-13,15,18,21-22,27-28,30H2/b20-14+,29-25+,33-19-,39-26+. The van der Waals surface area contributed by atoms with Gasteiger partial charge in [0, 0.05) is 42.5 Å². The lowest BCUT2D eigenvalue weighted by atomic mass is 9.91. The topological polar surface area (TPSA) is 58.5 Å². The van der Waals surface area contributed by atoms with Crippen LogP contribution >= 0.6 is 11.6 Å². The molecule has 43 heavy (non-hydrogen) atoms. The summed E-state index contributed by atoms with van der Waals surface area (Å²) in [5, 5.41) is 7.46. The van der Waals surface area contributed by atoms with Crippen molar-refractivity contribution in [2.45, 2.75) is 108 Å². The second-order valence-corrected chi connectivity index (χ2v) is 12.2. The lowest BCUT2D eigenvalue weighted by Gasteiger charge is -2.26. The van der Waals surface area contributed by atoms with Gasteiger partial charge in [0.05, 0.1) is 5.38 Å². The second-order valence-electron chi connectivity index (χ2n) is 11.7. The lowest BCUT2D eigenvalue weighted by Crippen LogP contribution is -2.26. The number of aliphatic imine (C=N–C) groups is 1. The molecule has 1 aromatic heterocycles. The van der Waals surface area contributed by atoms with E-state index in [1.54, 1.807) is 0 Å². The van der Waals surface area contributed by atoms with Gasteiger partial charge < -0.3 is 15.4 Å². The van der Waals surface area contributed by atoms with Gasteiger partial charge in [0.2, 0.25) is 5.88 Å². The number of aryl methyl sites for hydroxylation is 1. The minimum absolute atomic E-state index is 0.0121. The third kappa shape index (κ3) is 13.1. The smallest absolute Gasteiger partial charge is 0.213 e. The number of rotatable bonds is 14. The van der Waals surface area contributed by atoms with Crippen molar-refractivity contribution in [2.75, 3.05) is 13.1 Å². The second kappa shape index (κ2) is 20.1. The molecule has 2 heterocycles. The van der Waals surface area contributed by atoms with Gasteiger partial charge in [-0.2, -0.15) is 0 Å². The Morgan fingerprint density at radius 3 is 2.58 bits per heavy atom. The molecule has 1 aliphatic carbocycles. The summed E-state index contributed by atoms with van der Waals surface area (Å²) < 4.78 is 5.97. The highest BCUT2D eigenvalue weighted by atomic mass is 35.5. The van der Waals surface area contributed by atoms with Crippen molar-refractivity contribution in [3.63, 3.8) is 0 Å². The van der Waals surface area contributed by atoms with Gasteiger partial charge in [-0.3, -0.25) is 4.99 Å². The summed E-state index contributed by atoms with van der Waals surface area (Å²) >= 11 is 6.37. The van der Waals surface area contributed by atoms with Gasteiger partial charge in [0.15, 0.2) is 0 Å². The number of unbranched alkanes of at least 4 members (excludes halogenated alkanes) is 5. The number of allylic oxidation sites excluding steroid dienone is 4. The number of aromatic nitrogens is 1. The highest BCUT2D eigenvalue weighted by Crippen LogP contribution is 2.30. The molecule has 0 saturated heterocycles. The number of ether oxygens (including phenoxy) is 1. The zero-order valence-corrected chi connectivity index (χ0v) is 26.6. The number of hydrogen-bond acceptors (Lipinski definition) is 5. The first-order valence-electron chi connectivity index (χ1n) is 16.6. The molecule has 0 spiro atoms. The molecular weight excluding hydrogens is 552 g/mol. The van der Waals surface area contributed by atoms with Crippen molar-refractivity contribution in [1.29, 1.82) is 0 Å². The molecule has 0 saturated carbocycles. The Labute approximate surface area is 265 Å². The Morgan fingerprint density at radius 1 is 0.884 bits per heavy atom. The van der Waals surface area contributed by atoms with Gasteiger partial charge in [-0.1, -0.05) is 74.2 Å². The van der Waals surface area contributed by atoms with Gasteiger partial charge >= 0.3 is 0 Å². The summed E-state index contributed by atoms with van der Waals surface area (Å²) in [6.07, 6.45) is 28.8. The number of alkyl halides is 1. The van der Waals surface area contributed by atoms with Gasteiger partial charge in [0.1, 0.15) is 6.61 Å². The first kappa shape index (κ1) is 33.0. The van der Waals surface area contributed by atoms with E-state index in [1.807, 2.05) is 42.8 Å².